The summed E-state index contributed by atoms with van der Waals surface area (Å²) >= 11 is 0. The van der Waals surface area contributed by atoms with Crippen LogP contribution >= 0.6 is 0 Å². The van der Waals surface area contributed by atoms with Crippen LogP contribution in [0.2, 0.25) is 0 Å². The van der Waals surface area contributed by atoms with Crippen molar-refractivity contribution in [2.75, 3.05) is 18.8 Å². The van der Waals surface area contributed by atoms with Gasteiger partial charge in [0, 0.05) is 40.8 Å². The van der Waals surface area contributed by atoms with E-state index >= 15 is 0 Å². The highest BCUT2D eigenvalue weighted by Crippen LogP contribution is 2.33. The maximum Gasteiger partial charge on any atom is 0.220 e. The topological polar surface area (TPSA) is 91.1 Å². The normalized spacial score (nSPS) is 15.6. The number of benzene rings is 2. The van der Waals surface area contributed by atoms with Crippen LogP contribution in [-0.2, 0) is 6.54 Å². The number of aromatic amines is 1. The van der Waals surface area contributed by atoms with Crippen molar-refractivity contribution in [1.29, 1.82) is 0 Å². The molecule has 1 aliphatic rings. The van der Waals surface area contributed by atoms with Crippen LogP contribution in [0.15, 0.2) is 60.8 Å². The van der Waals surface area contributed by atoms with Crippen molar-refractivity contribution >= 4 is 16.9 Å². The van der Waals surface area contributed by atoms with Gasteiger partial charge in [0.2, 0.25) is 5.95 Å². The Kier molecular flexibility index (Phi) is 4.85. The number of fused-ring (bicyclic) bond motifs is 1. The number of piperidine rings is 1. The Morgan fingerprint density at radius 3 is 2.63 bits per heavy atom. The lowest BCUT2D eigenvalue weighted by Crippen LogP contribution is -2.32. The average molecular weight is 399 g/mol. The first-order valence-electron chi connectivity index (χ1n) is 10.4. The van der Waals surface area contributed by atoms with Crippen LogP contribution in [-0.4, -0.2) is 38.0 Å². The number of anilines is 1. The first kappa shape index (κ1) is 18.6. The van der Waals surface area contributed by atoms with Crippen LogP contribution in [0.25, 0.3) is 22.2 Å². The van der Waals surface area contributed by atoms with E-state index in [1.54, 1.807) is 12.1 Å². The zero-order valence-corrected chi connectivity index (χ0v) is 16.8. The maximum atomic E-state index is 10.2. The standard InChI is InChI=1S/C24H25N5O/c25-24-27-21(13-22(28-24)19-6-2-4-8-23(19)30)16-9-11-29(12-10-16)15-17-14-26-20-7-3-1-5-18(17)20/h1-8,13-14,16,26,30H,9-12,15H2,(H2,25,27,28). The number of hydrogen-bond acceptors (Lipinski definition) is 5. The van der Waals surface area contributed by atoms with Crippen LogP contribution in [0.1, 0.15) is 30.0 Å². The van der Waals surface area contributed by atoms with E-state index in [0.29, 0.717) is 17.2 Å². The third-order valence-electron chi connectivity index (χ3n) is 6.02. The Morgan fingerprint density at radius 2 is 1.80 bits per heavy atom. The molecule has 1 aliphatic heterocycles. The van der Waals surface area contributed by atoms with Crippen molar-refractivity contribution in [3.8, 4) is 17.0 Å². The summed E-state index contributed by atoms with van der Waals surface area (Å²) < 4.78 is 0. The Balaban J connectivity index is 1.30. The van der Waals surface area contributed by atoms with Crippen LogP contribution in [0, 0.1) is 0 Å². The van der Waals surface area contributed by atoms with Gasteiger partial charge in [0.15, 0.2) is 0 Å². The van der Waals surface area contributed by atoms with Crippen molar-refractivity contribution in [3.63, 3.8) is 0 Å². The molecule has 6 heteroatoms. The molecule has 1 saturated heterocycles. The van der Waals surface area contributed by atoms with Gasteiger partial charge in [-0.15, -0.1) is 0 Å². The van der Waals surface area contributed by atoms with Crippen molar-refractivity contribution in [3.05, 3.63) is 72.1 Å². The largest absolute Gasteiger partial charge is 0.507 e. The number of H-pyrrole nitrogens is 1. The predicted octanol–water partition coefficient (Wildman–Crippen LogP) is 4.29. The van der Waals surface area contributed by atoms with Gasteiger partial charge in [-0.25, -0.2) is 9.97 Å². The van der Waals surface area contributed by atoms with E-state index in [-0.39, 0.29) is 11.7 Å². The summed E-state index contributed by atoms with van der Waals surface area (Å²) in [5.74, 6) is 0.807. The molecule has 5 rings (SSSR count). The fraction of sp³-hybridized carbons (Fsp3) is 0.250. The number of para-hydroxylation sites is 2. The monoisotopic (exact) mass is 399 g/mol. The molecule has 2 aromatic carbocycles. The molecule has 0 saturated carbocycles. The lowest BCUT2D eigenvalue weighted by atomic mass is 9.92. The number of rotatable bonds is 4. The number of hydrogen-bond donors (Lipinski definition) is 3. The Morgan fingerprint density at radius 1 is 1.03 bits per heavy atom. The molecule has 1 fully saturated rings. The smallest absolute Gasteiger partial charge is 0.220 e. The molecule has 0 aliphatic carbocycles. The lowest BCUT2D eigenvalue weighted by molar-refractivity contribution is 0.204. The van der Waals surface area contributed by atoms with Gasteiger partial charge in [-0.2, -0.15) is 0 Å². The SMILES string of the molecule is Nc1nc(-c2ccccc2O)cc(C2CCN(Cc3c[nH]c4ccccc34)CC2)n1. The molecule has 152 valence electrons. The Bertz CT molecular complexity index is 1180. The molecule has 3 heterocycles. The van der Waals surface area contributed by atoms with Gasteiger partial charge in [0.1, 0.15) is 5.75 Å². The number of aromatic nitrogens is 3. The van der Waals surface area contributed by atoms with Crippen LogP contribution < -0.4 is 5.73 Å². The summed E-state index contributed by atoms with van der Waals surface area (Å²) in [6, 6.07) is 17.6. The number of nitrogens with zero attached hydrogens (tertiary/aromatic N) is 3. The van der Waals surface area contributed by atoms with Crippen molar-refractivity contribution in [1.82, 2.24) is 19.9 Å². The first-order chi connectivity index (χ1) is 14.7. The number of phenolic OH excluding ortho intramolecular Hbond substituents is 1. The van der Waals surface area contributed by atoms with Gasteiger partial charge >= 0.3 is 0 Å². The number of nitrogens with two attached hydrogens (primary N) is 1. The third-order valence-corrected chi connectivity index (χ3v) is 6.02. The van der Waals surface area contributed by atoms with Crippen LogP contribution in [0.5, 0.6) is 5.75 Å². The highest BCUT2D eigenvalue weighted by Gasteiger charge is 2.23. The fourth-order valence-electron chi connectivity index (χ4n) is 4.41. The Hall–Kier alpha value is -3.38. The van der Waals surface area contributed by atoms with Gasteiger partial charge < -0.3 is 15.8 Å². The van der Waals surface area contributed by atoms with E-state index in [0.717, 1.165) is 38.2 Å². The highest BCUT2D eigenvalue weighted by atomic mass is 16.3. The minimum Gasteiger partial charge on any atom is -0.507 e. The predicted molar refractivity (Wildman–Crippen MR) is 119 cm³/mol. The summed E-state index contributed by atoms with van der Waals surface area (Å²) in [6.45, 7) is 2.98. The second-order valence-corrected chi connectivity index (χ2v) is 7.96. The fourth-order valence-corrected chi connectivity index (χ4v) is 4.41. The minimum atomic E-state index is 0.204. The van der Waals surface area contributed by atoms with E-state index < -0.39 is 0 Å². The summed E-state index contributed by atoms with van der Waals surface area (Å²) in [6.07, 6.45) is 4.18. The summed E-state index contributed by atoms with van der Waals surface area (Å²) in [7, 11) is 0. The van der Waals surface area contributed by atoms with Gasteiger partial charge in [0.05, 0.1) is 5.69 Å². The molecule has 2 aromatic heterocycles. The van der Waals surface area contributed by atoms with Gasteiger partial charge in [-0.05, 0) is 55.8 Å². The van der Waals surface area contributed by atoms with Crippen molar-refractivity contribution in [2.45, 2.75) is 25.3 Å². The quantitative estimate of drug-likeness (QED) is 0.476. The maximum absolute atomic E-state index is 10.2. The molecule has 6 nitrogen and oxygen atoms in total. The molecule has 4 N–H and O–H groups in total. The van der Waals surface area contributed by atoms with E-state index in [1.807, 2.05) is 18.2 Å². The van der Waals surface area contributed by atoms with Crippen molar-refractivity contribution in [2.24, 2.45) is 0 Å². The second-order valence-electron chi connectivity index (χ2n) is 7.96. The number of phenols is 1. The zero-order valence-electron chi connectivity index (χ0n) is 16.8. The second kappa shape index (κ2) is 7.80. The van der Waals surface area contributed by atoms with Gasteiger partial charge in [-0.3, -0.25) is 4.90 Å². The van der Waals surface area contributed by atoms with E-state index in [2.05, 4.69) is 50.3 Å². The van der Waals surface area contributed by atoms with Gasteiger partial charge in [0.25, 0.3) is 0 Å². The van der Waals surface area contributed by atoms with Crippen molar-refractivity contribution < 1.29 is 5.11 Å². The highest BCUT2D eigenvalue weighted by molar-refractivity contribution is 5.83. The minimum absolute atomic E-state index is 0.204. The molecule has 0 radical (unpaired) electrons. The van der Waals surface area contributed by atoms with E-state index in [1.165, 1.54) is 16.5 Å². The van der Waals surface area contributed by atoms with E-state index in [9.17, 15) is 5.11 Å². The van der Waals surface area contributed by atoms with Crippen LogP contribution in [0.4, 0.5) is 5.95 Å². The zero-order chi connectivity index (χ0) is 20.5. The molecule has 0 unspecified atom stereocenters. The number of aromatic hydroxyl groups is 1. The lowest BCUT2D eigenvalue weighted by Gasteiger charge is -2.31. The van der Waals surface area contributed by atoms with E-state index in [4.69, 9.17) is 5.73 Å². The molecule has 4 aromatic rings. The third kappa shape index (κ3) is 3.62. The summed E-state index contributed by atoms with van der Waals surface area (Å²) in [4.78, 5) is 14.7. The Labute approximate surface area is 175 Å². The molecule has 0 amide bonds. The molecule has 0 bridgehead atoms. The molecule has 0 atom stereocenters. The van der Waals surface area contributed by atoms with Crippen LogP contribution in [0.3, 0.4) is 0 Å². The molecular formula is C24H25N5O. The number of likely N-dealkylation sites (tertiary alicyclic amines) is 1. The molecule has 30 heavy (non-hydrogen) atoms. The number of nitrogen functional groups attached to an aromatic ring is 1. The summed E-state index contributed by atoms with van der Waals surface area (Å²) in [5, 5.41) is 11.5. The summed E-state index contributed by atoms with van der Waals surface area (Å²) in [5.41, 5.74) is 10.9. The molecule has 0 spiro atoms. The molecular weight excluding hydrogens is 374 g/mol. The van der Waals surface area contributed by atoms with Gasteiger partial charge in [-0.1, -0.05) is 30.3 Å². The number of nitrogens with one attached hydrogen (secondary N) is 1. The first-order valence-corrected chi connectivity index (χ1v) is 10.4. The average Bonchev–Trinajstić information content (AvgIpc) is 3.17.